The Morgan fingerprint density at radius 2 is 1.75 bits per heavy atom. The van der Waals surface area contributed by atoms with Crippen LogP contribution in [-0.4, -0.2) is 36.6 Å². The summed E-state index contributed by atoms with van der Waals surface area (Å²) in [6.07, 6.45) is 11.9. The van der Waals surface area contributed by atoms with Crippen molar-refractivity contribution in [3.05, 3.63) is 0 Å². The van der Waals surface area contributed by atoms with Gasteiger partial charge < -0.3 is 4.74 Å². The van der Waals surface area contributed by atoms with Gasteiger partial charge in [0.05, 0.1) is 6.61 Å². The molecule has 1 rings (SSSR count). The minimum absolute atomic E-state index is 0.0227. The molecule has 1 fully saturated rings. The second-order valence-corrected chi connectivity index (χ2v) is 5.98. The Morgan fingerprint density at radius 1 is 1.05 bits per heavy atom. The first kappa shape index (κ1) is 17.5. The number of ether oxygens (including phenoxy) is 1. The monoisotopic (exact) mass is 283 g/mol. The second kappa shape index (κ2) is 11.1. The molecule has 0 aromatic heterocycles. The van der Waals surface area contributed by atoms with Gasteiger partial charge in [-0.1, -0.05) is 52.4 Å². The van der Waals surface area contributed by atoms with Crippen LogP contribution in [0.2, 0.25) is 0 Å². The molecule has 1 aliphatic heterocycles. The quantitative estimate of drug-likeness (QED) is 0.421. The first-order valence-electron chi connectivity index (χ1n) is 8.70. The summed E-state index contributed by atoms with van der Waals surface area (Å²) in [4.78, 5) is 14.5. The van der Waals surface area contributed by atoms with E-state index in [4.69, 9.17) is 4.74 Å². The molecule has 0 N–H and O–H groups in total. The second-order valence-electron chi connectivity index (χ2n) is 5.98. The summed E-state index contributed by atoms with van der Waals surface area (Å²) in [6, 6.07) is 0.0443. The van der Waals surface area contributed by atoms with Crippen LogP contribution in [0.3, 0.4) is 0 Å². The van der Waals surface area contributed by atoms with Crippen LogP contribution in [0.15, 0.2) is 0 Å². The van der Waals surface area contributed by atoms with E-state index in [0.29, 0.717) is 6.61 Å². The van der Waals surface area contributed by atoms with Crippen molar-refractivity contribution in [2.75, 3.05) is 19.7 Å². The Hall–Kier alpha value is -0.570. The van der Waals surface area contributed by atoms with E-state index < -0.39 is 0 Å². The van der Waals surface area contributed by atoms with E-state index in [2.05, 4.69) is 18.7 Å². The van der Waals surface area contributed by atoms with Crippen LogP contribution in [0.5, 0.6) is 0 Å². The van der Waals surface area contributed by atoms with E-state index in [1.54, 1.807) is 0 Å². The first-order chi connectivity index (χ1) is 9.79. The van der Waals surface area contributed by atoms with Crippen molar-refractivity contribution >= 4 is 5.97 Å². The minimum atomic E-state index is 0.0227. The number of esters is 1. The van der Waals surface area contributed by atoms with Crippen molar-refractivity contribution in [2.24, 2.45) is 0 Å². The lowest BCUT2D eigenvalue weighted by Crippen LogP contribution is -2.38. The van der Waals surface area contributed by atoms with Gasteiger partial charge in [-0.25, -0.2) is 0 Å². The van der Waals surface area contributed by atoms with Crippen LogP contribution in [0.4, 0.5) is 0 Å². The largest absolute Gasteiger partial charge is 0.465 e. The van der Waals surface area contributed by atoms with Crippen molar-refractivity contribution in [3.8, 4) is 0 Å². The number of nitrogens with zero attached hydrogens (tertiary/aromatic N) is 1. The zero-order valence-electron chi connectivity index (χ0n) is 13.5. The summed E-state index contributed by atoms with van der Waals surface area (Å²) in [6.45, 7) is 7.17. The number of carbonyl (C=O) groups is 1. The smallest absolute Gasteiger partial charge is 0.323 e. The van der Waals surface area contributed by atoms with Crippen molar-refractivity contribution in [1.82, 2.24) is 4.90 Å². The van der Waals surface area contributed by atoms with E-state index in [1.807, 2.05) is 0 Å². The molecule has 0 amide bonds. The highest BCUT2D eigenvalue weighted by Crippen LogP contribution is 2.19. The predicted molar refractivity (Wildman–Crippen MR) is 83.8 cm³/mol. The summed E-state index contributed by atoms with van der Waals surface area (Å²) < 4.78 is 5.45. The van der Waals surface area contributed by atoms with Crippen molar-refractivity contribution in [3.63, 3.8) is 0 Å². The molecule has 0 aromatic carbocycles. The van der Waals surface area contributed by atoms with Gasteiger partial charge in [0, 0.05) is 0 Å². The van der Waals surface area contributed by atoms with Gasteiger partial charge in [-0.15, -0.1) is 0 Å². The maximum atomic E-state index is 12.1. The highest BCUT2D eigenvalue weighted by atomic mass is 16.5. The van der Waals surface area contributed by atoms with Crippen molar-refractivity contribution in [2.45, 2.75) is 84.1 Å². The van der Waals surface area contributed by atoms with Gasteiger partial charge in [0.25, 0.3) is 0 Å². The number of likely N-dealkylation sites (tertiary alicyclic amines) is 1. The number of carbonyl (C=O) groups excluding carboxylic acids is 1. The molecule has 118 valence electrons. The van der Waals surface area contributed by atoms with Crippen molar-refractivity contribution < 1.29 is 9.53 Å². The lowest BCUT2D eigenvalue weighted by molar-refractivity contribution is -0.149. The van der Waals surface area contributed by atoms with Gasteiger partial charge in [-0.05, 0) is 38.8 Å². The number of hydrogen-bond donors (Lipinski definition) is 0. The zero-order valence-corrected chi connectivity index (χ0v) is 13.5. The minimum Gasteiger partial charge on any atom is -0.465 e. The maximum Gasteiger partial charge on any atom is 0.323 e. The third-order valence-electron chi connectivity index (χ3n) is 4.18. The summed E-state index contributed by atoms with van der Waals surface area (Å²) in [5.74, 6) is 0.0227. The Balaban J connectivity index is 2.16. The maximum absolute atomic E-state index is 12.1. The Bertz CT molecular complexity index is 255. The van der Waals surface area contributed by atoms with Crippen LogP contribution < -0.4 is 0 Å². The molecule has 1 saturated heterocycles. The number of rotatable bonds is 11. The fourth-order valence-corrected chi connectivity index (χ4v) is 2.90. The zero-order chi connectivity index (χ0) is 14.6. The van der Waals surface area contributed by atoms with Crippen LogP contribution in [0.25, 0.3) is 0 Å². The van der Waals surface area contributed by atoms with Gasteiger partial charge in [0.1, 0.15) is 6.04 Å². The van der Waals surface area contributed by atoms with Gasteiger partial charge in [-0.2, -0.15) is 0 Å². The highest BCUT2D eigenvalue weighted by molar-refractivity contribution is 5.76. The van der Waals surface area contributed by atoms with Gasteiger partial charge in [0.2, 0.25) is 0 Å². The van der Waals surface area contributed by atoms with Gasteiger partial charge in [0.15, 0.2) is 0 Å². The molecule has 0 bridgehead atoms. The lowest BCUT2D eigenvalue weighted by atomic mass is 10.2. The topological polar surface area (TPSA) is 29.5 Å². The molecule has 3 heteroatoms. The molecule has 0 aliphatic carbocycles. The predicted octanol–water partition coefficient (Wildman–Crippen LogP) is 4.15. The average molecular weight is 283 g/mol. The summed E-state index contributed by atoms with van der Waals surface area (Å²) in [5, 5.41) is 0. The molecule has 1 aliphatic rings. The summed E-state index contributed by atoms with van der Waals surface area (Å²) in [5.41, 5.74) is 0. The lowest BCUT2D eigenvalue weighted by Gasteiger charge is -2.22. The van der Waals surface area contributed by atoms with Crippen LogP contribution in [0, 0.1) is 0 Å². The highest BCUT2D eigenvalue weighted by Gasteiger charge is 2.31. The van der Waals surface area contributed by atoms with Gasteiger partial charge in [-0.3, -0.25) is 9.69 Å². The van der Waals surface area contributed by atoms with E-state index in [-0.39, 0.29) is 12.0 Å². The molecular formula is C17H33NO2. The third-order valence-corrected chi connectivity index (χ3v) is 4.18. The van der Waals surface area contributed by atoms with Crippen LogP contribution in [0.1, 0.15) is 78.1 Å². The van der Waals surface area contributed by atoms with Crippen LogP contribution >= 0.6 is 0 Å². The summed E-state index contributed by atoms with van der Waals surface area (Å²) in [7, 11) is 0. The van der Waals surface area contributed by atoms with E-state index in [1.165, 1.54) is 44.9 Å². The van der Waals surface area contributed by atoms with E-state index in [9.17, 15) is 4.79 Å². The molecule has 1 heterocycles. The third kappa shape index (κ3) is 6.74. The SMILES string of the molecule is CCCCCCOC(=O)C1CCCN1CCCCCC. The van der Waals surface area contributed by atoms with E-state index in [0.717, 1.165) is 32.4 Å². The summed E-state index contributed by atoms with van der Waals surface area (Å²) >= 11 is 0. The molecule has 1 atom stereocenters. The molecule has 20 heavy (non-hydrogen) atoms. The van der Waals surface area contributed by atoms with E-state index >= 15 is 0 Å². The van der Waals surface area contributed by atoms with Gasteiger partial charge >= 0.3 is 5.97 Å². The molecule has 3 nitrogen and oxygen atoms in total. The molecule has 1 unspecified atom stereocenters. The van der Waals surface area contributed by atoms with Crippen molar-refractivity contribution in [1.29, 1.82) is 0 Å². The molecule has 0 saturated carbocycles. The normalized spacial score (nSPS) is 19.4. The Morgan fingerprint density at radius 3 is 2.45 bits per heavy atom. The Kier molecular flexibility index (Phi) is 9.73. The fourth-order valence-electron chi connectivity index (χ4n) is 2.90. The first-order valence-corrected chi connectivity index (χ1v) is 8.70. The Labute approximate surface area is 125 Å². The number of unbranched alkanes of at least 4 members (excludes halogenated alkanes) is 6. The standard InChI is InChI=1S/C17H33NO2/c1-3-5-7-9-13-18-14-11-12-16(18)17(19)20-15-10-8-6-4-2/h16H,3-15H2,1-2H3. The molecule has 0 radical (unpaired) electrons. The molecular weight excluding hydrogens is 250 g/mol. The molecule has 0 spiro atoms. The molecule has 0 aromatic rings. The fraction of sp³-hybridized carbons (Fsp3) is 0.941. The average Bonchev–Trinajstić information content (AvgIpc) is 2.91. The van der Waals surface area contributed by atoms with Crippen LogP contribution in [-0.2, 0) is 9.53 Å². The number of hydrogen-bond acceptors (Lipinski definition) is 3.